The second kappa shape index (κ2) is 7.09. The summed E-state index contributed by atoms with van der Waals surface area (Å²) < 4.78 is 5.79. The van der Waals surface area contributed by atoms with E-state index in [9.17, 15) is 15.0 Å². The van der Waals surface area contributed by atoms with Crippen LogP contribution in [0.15, 0.2) is 60.7 Å². The van der Waals surface area contributed by atoms with Crippen LogP contribution in [-0.4, -0.2) is 40.5 Å². The van der Waals surface area contributed by atoms with Crippen LogP contribution in [0.5, 0.6) is 0 Å². The summed E-state index contributed by atoms with van der Waals surface area (Å²) in [7, 11) is 0. The number of hydrogen-bond acceptors (Lipinski definition) is 4. The second-order valence-corrected chi connectivity index (χ2v) is 7.07. The fourth-order valence-corrected chi connectivity index (χ4v) is 4.29. The van der Waals surface area contributed by atoms with Crippen molar-refractivity contribution in [2.75, 3.05) is 13.2 Å². The third kappa shape index (κ3) is 2.77. The van der Waals surface area contributed by atoms with E-state index in [0.717, 1.165) is 11.1 Å². The van der Waals surface area contributed by atoms with Gasteiger partial charge in [0, 0.05) is 25.2 Å². The summed E-state index contributed by atoms with van der Waals surface area (Å²) in [4.78, 5) is 14.6. The summed E-state index contributed by atoms with van der Waals surface area (Å²) in [6.07, 6.45) is -0.0621. The molecule has 26 heavy (non-hydrogen) atoms. The molecule has 1 aliphatic carbocycles. The van der Waals surface area contributed by atoms with E-state index in [4.69, 9.17) is 4.74 Å². The highest BCUT2D eigenvalue weighted by molar-refractivity contribution is 5.72. The molecule has 0 bridgehead atoms. The number of cyclic esters (lactones) is 1. The Labute approximate surface area is 152 Å². The van der Waals surface area contributed by atoms with Crippen molar-refractivity contribution in [2.45, 2.75) is 24.6 Å². The molecule has 5 nitrogen and oxygen atoms in total. The zero-order valence-corrected chi connectivity index (χ0v) is 14.4. The van der Waals surface area contributed by atoms with E-state index >= 15 is 0 Å². The summed E-state index contributed by atoms with van der Waals surface area (Å²) in [5.41, 5.74) is 1.96. The summed E-state index contributed by atoms with van der Waals surface area (Å²) in [5.74, 6) is -0.0849. The lowest BCUT2D eigenvalue weighted by molar-refractivity contribution is -0.0403. The van der Waals surface area contributed by atoms with Crippen LogP contribution in [0.1, 0.15) is 29.7 Å². The van der Waals surface area contributed by atoms with E-state index in [1.54, 1.807) is 4.90 Å². The highest BCUT2D eigenvalue weighted by atomic mass is 16.6. The Hall–Kier alpha value is -2.37. The van der Waals surface area contributed by atoms with Crippen LogP contribution in [0.25, 0.3) is 0 Å². The fourth-order valence-electron chi connectivity index (χ4n) is 4.29. The molecule has 136 valence electrons. The molecule has 1 amide bonds. The van der Waals surface area contributed by atoms with Gasteiger partial charge in [0.05, 0.1) is 0 Å². The molecule has 5 atom stereocenters. The van der Waals surface area contributed by atoms with Crippen molar-refractivity contribution in [1.29, 1.82) is 0 Å². The predicted octanol–water partition coefficient (Wildman–Crippen LogP) is 2.91. The number of aliphatic hydroxyl groups is 2. The number of carbonyl (C=O) groups excluding carboxylic acids is 1. The molecule has 0 aromatic heterocycles. The SMILES string of the molecule is O=C1O[C@@H](c2ccccc2)[C@@H](c2ccccc2)N1[C@@H]1C[C@H](CO)[C@H]1CO. The highest BCUT2D eigenvalue weighted by Gasteiger charge is 2.53. The first kappa shape index (κ1) is 17.1. The second-order valence-electron chi connectivity index (χ2n) is 7.07. The van der Waals surface area contributed by atoms with Gasteiger partial charge in [0.2, 0.25) is 0 Å². The van der Waals surface area contributed by atoms with E-state index in [2.05, 4.69) is 0 Å². The van der Waals surface area contributed by atoms with E-state index in [-0.39, 0.29) is 43.2 Å². The zero-order valence-electron chi connectivity index (χ0n) is 14.4. The van der Waals surface area contributed by atoms with Gasteiger partial charge < -0.3 is 14.9 Å². The maximum Gasteiger partial charge on any atom is 0.411 e. The number of aliphatic hydroxyl groups excluding tert-OH is 2. The van der Waals surface area contributed by atoms with Gasteiger partial charge in [-0.2, -0.15) is 0 Å². The average molecular weight is 353 g/mol. The topological polar surface area (TPSA) is 70.0 Å². The molecule has 2 aromatic carbocycles. The quantitative estimate of drug-likeness (QED) is 0.867. The number of nitrogens with zero attached hydrogens (tertiary/aromatic N) is 1. The summed E-state index contributed by atoms with van der Waals surface area (Å²) >= 11 is 0. The third-order valence-electron chi connectivity index (χ3n) is 5.74. The standard InChI is InChI=1S/C21H23NO4/c23-12-16-11-18(17(16)13-24)22-19(14-7-3-1-4-8-14)20(26-21(22)25)15-9-5-2-6-10-15/h1-10,16-20,23-24H,11-13H2/t16-,17-,18-,19-,20+/m1/s1. The Kier molecular flexibility index (Phi) is 4.66. The zero-order chi connectivity index (χ0) is 18.1. The lowest BCUT2D eigenvalue weighted by Crippen LogP contribution is -2.56. The molecular formula is C21H23NO4. The molecule has 1 aliphatic heterocycles. The molecule has 4 rings (SSSR count). The molecule has 5 heteroatoms. The van der Waals surface area contributed by atoms with Crippen molar-refractivity contribution in [1.82, 2.24) is 4.90 Å². The maximum absolute atomic E-state index is 12.8. The van der Waals surface area contributed by atoms with Crippen molar-refractivity contribution >= 4 is 6.09 Å². The Morgan fingerprint density at radius 3 is 2.12 bits per heavy atom. The Bertz CT molecular complexity index is 751. The minimum atomic E-state index is -0.390. The lowest BCUT2D eigenvalue weighted by atomic mass is 9.68. The average Bonchev–Trinajstić information content (AvgIpc) is 3.00. The molecular weight excluding hydrogens is 330 g/mol. The number of carbonyl (C=O) groups is 1. The summed E-state index contributed by atoms with van der Waals surface area (Å²) in [6, 6.07) is 19.3. The molecule has 1 heterocycles. The Morgan fingerprint density at radius 2 is 1.54 bits per heavy atom. The highest BCUT2D eigenvalue weighted by Crippen LogP contribution is 2.49. The van der Waals surface area contributed by atoms with E-state index in [1.165, 1.54) is 0 Å². The van der Waals surface area contributed by atoms with E-state index in [1.807, 2.05) is 60.7 Å². The van der Waals surface area contributed by atoms with Crippen molar-refractivity contribution in [3.8, 4) is 0 Å². The van der Waals surface area contributed by atoms with Gasteiger partial charge in [0.1, 0.15) is 6.04 Å². The summed E-state index contributed by atoms with van der Waals surface area (Å²) in [5, 5.41) is 19.2. The molecule has 2 N–H and O–H groups in total. The van der Waals surface area contributed by atoms with Crippen molar-refractivity contribution in [3.05, 3.63) is 71.8 Å². The van der Waals surface area contributed by atoms with Gasteiger partial charge in [-0.15, -0.1) is 0 Å². The molecule has 1 saturated heterocycles. The molecule has 2 aliphatic rings. The number of rotatable bonds is 5. The molecule has 0 radical (unpaired) electrons. The van der Waals surface area contributed by atoms with Crippen LogP contribution in [-0.2, 0) is 4.74 Å². The number of ether oxygens (including phenoxy) is 1. The maximum atomic E-state index is 12.8. The van der Waals surface area contributed by atoms with Gasteiger partial charge in [-0.05, 0) is 23.5 Å². The molecule has 2 fully saturated rings. The smallest absolute Gasteiger partial charge is 0.411 e. The monoisotopic (exact) mass is 353 g/mol. The van der Waals surface area contributed by atoms with Crippen molar-refractivity contribution in [3.63, 3.8) is 0 Å². The fraction of sp³-hybridized carbons (Fsp3) is 0.381. The lowest BCUT2D eigenvalue weighted by Gasteiger charge is -2.48. The molecule has 0 spiro atoms. The Balaban J connectivity index is 1.72. The first-order valence-electron chi connectivity index (χ1n) is 9.05. The van der Waals surface area contributed by atoms with Gasteiger partial charge >= 0.3 is 6.09 Å². The first-order chi connectivity index (χ1) is 12.7. The first-order valence-corrected chi connectivity index (χ1v) is 9.05. The van der Waals surface area contributed by atoms with E-state index < -0.39 is 6.10 Å². The van der Waals surface area contributed by atoms with Crippen LogP contribution < -0.4 is 0 Å². The minimum absolute atomic E-state index is 0.0305. The Morgan fingerprint density at radius 1 is 0.923 bits per heavy atom. The van der Waals surface area contributed by atoms with Gasteiger partial charge in [-0.1, -0.05) is 60.7 Å². The van der Waals surface area contributed by atoms with Crippen LogP contribution in [0.4, 0.5) is 4.79 Å². The van der Waals surface area contributed by atoms with Crippen molar-refractivity contribution < 1.29 is 19.7 Å². The van der Waals surface area contributed by atoms with Crippen molar-refractivity contribution in [2.24, 2.45) is 11.8 Å². The predicted molar refractivity (Wildman–Crippen MR) is 96.2 cm³/mol. The van der Waals surface area contributed by atoms with Gasteiger partial charge in [-0.25, -0.2) is 4.79 Å². The minimum Gasteiger partial charge on any atom is -0.439 e. The van der Waals surface area contributed by atoms with E-state index in [0.29, 0.717) is 6.42 Å². The number of hydrogen-bond donors (Lipinski definition) is 2. The molecule has 2 aromatic rings. The van der Waals surface area contributed by atoms with Crippen LogP contribution >= 0.6 is 0 Å². The number of benzene rings is 2. The van der Waals surface area contributed by atoms with Gasteiger partial charge in [-0.3, -0.25) is 4.90 Å². The largest absolute Gasteiger partial charge is 0.439 e. The van der Waals surface area contributed by atoms with Crippen LogP contribution in [0.3, 0.4) is 0 Å². The number of amides is 1. The van der Waals surface area contributed by atoms with Crippen LogP contribution in [0, 0.1) is 11.8 Å². The normalized spacial score (nSPS) is 30.8. The third-order valence-corrected chi connectivity index (χ3v) is 5.74. The van der Waals surface area contributed by atoms with Gasteiger partial charge in [0.15, 0.2) is 6.10 Å². The molecule has 1 saturated carbocycles. The molecule has 0 unspecified atom stereocenters. The van der Waals surface area contributed by atoms with Gasteiger partial charge in [0.25, 0.3) is 0 Å². The van der Waals surface area contributed by atoms with Crippen LogP contribution in [0.2, 0.25) is 0 Å². The summed E-state index contributed by atoms with van der Waals surface area (Å²) in [6.45, 7) is -0.0140.